The third-order valence-corrected chi connectivity index (χ3v) is 5.66. The SMILES string of the molecule is C[N+](C)(CI)CCCC=C(c1ccccc1)c1ccccc1.[I-]. The first-order valence-electron chi connectivity index (χ1n) is 7.81. The fraction of sp³-hybridized carbons (Fsp3) is 0.300. The number of rotatable bonds is 7. The molecule has 0 aromatic heterocycles. The number of alkyl halides is 1. The van der Waals surface area contributed by atoms with Crippen molar-refractivity contribution in [2.24, 2.45) is 0 Å². The second-order valence-electron chi connectivity index (χ2n) is 6.27. The van der Waals surface area contributed by atoms with E-state index in [0.29, 0.717) is 0 Å². The van der Waals surface area contributed by atoms with Crippen molar-refractivity contribution >= 4 is 28.2 Å². The second kappa shape index (κ2) is 10.5. The summed E-state index contributed by atoms with van der Waals surface area (Å²) in [5.74, 6) is 0. The molecule has 0 heterocycles. The van der Waals surface area contributed by atoms with E-state index in [-0.39, 0.29) is 24.0 Å². The Hall–Kier alpha value is -0.400. The van der Waals surface area contributed by atoms with Crippen molar-refractivity contribution in [1.82, 2.24) is 0 Å². The predicted octanol–water partition coefficient (Wildman–Crippen LogP) is 2.37. The Morgan fingerprint density at radius 1 is 0.913 bits per heavy atom. The Kier molecular flexibility index (Phi) is 9.39. The number of nitrogens with zero attached hydrogens (tertiary/aromatic N) is 1. The molecule has 0 aliphatic carbocycles. The van der Waals surface area contributed by atoms with E-state index in [1.165, 1.54) is 29.7 Å². The lowest BCUT2D eigenvalue weighted by Gasteiger charge is -2.26. The van der Waals surface area contributed by atoms with E-state index in [1.807, 2.05) is 0 Å². The molecule has 0 aliphatic heterocycles. The molecule has 0 atom stereocenters. The summed E-state index contributed by atoms with van der Waals surface area (Å²) in [6.45, 7) is 1.22. The molecule has 0 aliphatic rings. The van der Waals surface area contributed by atoms with E-state index in [4.69, 9.17) is 0 Å². The van der Waals surface area contributed by atoms with E-state index in [2.05, 4.69) is 103 Å². The molecule has 1 nitrogen and oxygen atoms in total. The molecule has 0 amide bonds. The average Bonchev–Trinajstić information content (AvgIpc) is 2.56. The largest absolute Gasteiger partial charge is 1.00 e. The standard InChI is InChI=1S/C20H25IN.HI/c1-22(2,17-21)16-10-9-15-20(18-11-5-3-6-12-18)19-13-7-4-8-14-19;/h3-8,11-15H,9-10,16-17H2,1-2H3;1H/q+1;/p-1. The highest BCUT2D eigenvalue weighted by Gasteiger charge is 2.11. The molecular weight excluding hydrogens is 508 g/mol. The molecule has 0 saturated carbocycles. The molecule has 3 heteroatoms. The maximum atomic E-state index is 2.47. The highest BCUT2D eigenvalue weighted by Crippen LogP contribution is 2.24. The van der Waals surface area contributed by atoms with Crippen molar-refractivity contribution in [3.05, 3.63) is 77.9 Å². The first-order chi connectivity index (χ1) is 10.6. The highest BCUT2D eigenvalue weighted by molar-refractivity contribution is 14.1. The Labute approximate surface area is 171 Å². The first-order valence-corrected chi connectivity index (χ1v) is 9.34. The van der Waals surface area contributed by atoms with E-state index >= 15 is 0 Å². The summed E-state index contributed by atoms with van der Waals surface area (Å²) in [5, 5.41) is 0. The zero-order valence-corrected chi connectivity index (χ0v) is 18.2. The molecule has 0 bridgehead atoms. The molecule has 0 saturated heterocycles. The summed E-state index contributed by atoms with van der Waals surface area (Å²) in [4.78, 5) is 0. The number of allylic oxidation sites excluding steroid dienone is 1. The number of benzene rings is 2. The highest BCUT2D eigenvalue weighted by atomic mass is 127. The van der Waals surface area contributed by atoms with Gasteiger partial charge < -0.3 is 28.5 Å². The van der Waals surface area contributed by atoms with E-state index < -0.39 is 0 Å². The van der Waals surface area contributed by atoms with E-state index in [9.17, 15) is 0 Å². The number of hydrogen-bond acceptors (Lipinski definition) is 0. The zero-order valence-electron chi connectivity index (χ0n) is 13.9. The molecule has 23 heavy (non-hydrogen) atoms. The van der Waals surface area contributed by atoms with Crippen molar-refractivity contribution in [1.29, 1.82) is 0 Å². The minimum absolute atomic E-state index is 0. The van der Waals surface area contributed by atoms with Crippen LogP contribution in [0.2, 0.25) is 0 Å². The summed E-state index contributed by atoms with van der Waals surface area (Å²) < 4.78 is 2.24. The first kappa shape index (κ1) is 20.6. The van der Waals surface area contributed by atoms with Crippen LogP contribution in [0.3, 0.4) is 0 Å². The lowest BCUT2D eigenvalue weighted by molar-refractivity contribution is -0.874. The van der Waals surface area contributed by atoms with Crippen molar-refractivity contribution in [3.63, 3.8) is 0 Å². The van der Waals surface area contributed by atoms with Crippen LogP contribution in [0, 0.1) is 0 Å². The molecule has 0 fully saturated rings. The lowest BCUT2D eigenvalue weighted by atomic mass is 9.96. The van der Waals surface area contributed by atoms with Gasteiger partial charge in [-0.25, -0.2) is 0 Å². The van der Waals surface area contributed by atoms with Crippen molar-refractivity contribution in [2.75, 3.05) is 25.2 Å². The lowest BCUT2D eigenvalue weighted by Crippen LogP contribution is -3.00. The minimum atomic E-state index is 0. The summed E-state index contributed by atoms with van der Waals surface area (Å²) in [6.07, 6.45) is 4.74. The van der Waals surface area contributed by atoms with Gasteiger partial charge in [0.05, 0.1) is 20.6 Å². The molecule has 0 spiro atoms. The quantitative estimate of drug-likeness (QED) is 0.169. The molecule has 0 radical (unpaired) electrons. The van der Waals surface area contributed by atoms with Gasteiger partial charge in [0.15, 0.2) is 0 Å². The molecule has 2 rings (SSSR count). The van der Waals surface area contributed by atoms with Crippen molar-refractivity contribution < 1.29 is 28.5 Å². The predicted molar refractivity (Wildman–Crippen MR) is 105 cm³/mol. The third-order valence-electron chi connectivity index (χ3n) is 3.81. The van der Waals surface area contributed by atoms with Gasteiger partial charge >= 0.3 is 0 Å². The van der Waals surface area contributed by atoms with Gasteiger partial charge in [-0.3, -0.25) is 0 Å². The van der Waals surface area contributed by atoms with E-state index in [1.54, 1.807) is 0 Å². The van der Waals surface area contributed by atoms with Crippen LogP contribution in [0.4, 0.5) is 0 Å². The maximum Gasteiger partial charge on any atom is 0.129 e. The van der Waals surface area contributed by atoms with Crippen LogP contribution >= 0.6 is 22.6 Å². The Balaban J connectivity index is 0.00000264. The minimum Gasteiger partial charge on any atom is -1.00 e. The van der Waals surface area contributed by atoms with Crippen LogP contribution in [0.5, 0.6) is 0 Å². The van der Waals surface area contributed by atoms with E-state index in [0.717, 1.165) is 15.5 Å². The van der Waals surface area contributed by atoms with Crippen LogP contribution in [-0.4, -0.2) is 29.7 Å². The normalized spacial score (nSPS) is 10.7. The smallest absolute Gasteiger partial charge is 0.129 e. The molecule has 124 valence electrons. The number of quaternary nitrogens is 1. The van der Waals surface area contributed by atoms with Crippen LogP contribution in [0.25, 0.3) is 5.57 Å². The van der Waals surface area contributed by atoms with Gasteiger partial charge in [-0.1, -0.05) is 66.7 Å². The summed E-state index contributed by atoms with van der Waals surface area (Å²) in [6, 6.07) is 21.4. The second-order valence-corrected chi connectivity index (χ2v) is 6.95. The van der Waals surface area contributed by atoms with Crippen molar-refractivity contribution in [3.8, 4) is 0 Å². The van der Waals surface area contributed by atoms with Gasteiger partial charge in [0.25, 0.3) is 0 Å². The Morgan fingerprint density at radius 3 is 1.83 bits per heavy atom. The Morgan fingerprint density at radius 2 is 1.39 bits per heavy atom. The molecular formula is C20H25I2N. The van der Waals surface area contributed by atoms with Gasteiger partial charge in [-0.15, -0.1) is 0 Å². The van der Waals surface area contributed by atoms with Crippen molar-refractivity contribution in [2.45, 2.75) is 12.8 Å². The number of halogens is 2. The van der Waals surface area contributed by atoms with Crippen LogP contribution in [-0.2, 0) is 0 Å². The molecule has 0 N–H and O–H groups in total. The summed E-state index contributed by atoms with van der Waals surface area (Å²) >= 11 is 2.47. The molecule has 2 aromatic rings. The zero-order chi connectivity index (χ0) is 15.8. The van der Waals surface area contributed by atoms with Gasteiger partial charge in [0, 0.05) is 6.42 Å². The number of hydrogen-bond donors (Lipinski definition) is 0. The van der Waals surface area contributed by atoms with Crippen LogP contribution in [0.15, 0.2) is 66.7 Å². The monoisotopic (exact) mass is 533 g/mol. The average molecular weight is 533 g/mol. The third kappa shape index (κ3) is 6.93. The molecule has 2 aromatic carbocycles. The van der Waals surface area contributed by atoms with Gasteiger partial charge in [0.1, 0.15) is 4.55 Å². The van der Waals surface area contributed by atoms with Gasteiger partial charge in [0.2, 0.25) is 0 Å². The molecule has 0 unspecified atom stereocenters. The van der Waals surface area contributed by atoms with Crippen LogP contribution in [0.1, 0.15) is 24.0 Å². The fourth-order valence-electron chi connectivity index (χ4n) is 2.46. The number of unbranched alkanes of at least 4 members (excludes halogenated alkanes) is 1. The van der Waals surface area contributed by atoms with Gasteiger partial charge in [-0.05, 0) is 45.7 Å². The maximum absolute atomic E-state index is 2.47. The summed E-state index contributed by atoms with van der Waals surface area (Å²) in [5.41, 5.74) is 3.95. The van der Waals surface area contributed by atoms with Crippen LogP contribution < -0.4 is 24.0 Å². The summed E-state index contributed by atoms with van der Waals surface area (Å²) in [7, 11) is 4.59. The topological polar surface area (TPSA) is 0 Å². The fourth-order valence-corrected chi connectivity index (χ4v) is 2.80. The van der Waals surface area contributed by atoms with Gasteiger partial charge in [-0.2, -0.15) is 0 Å². The Bertz CT molecular complexity index is 550.